The summed E-state index contributed by atoms with van der Waals surface area (Å²) in [4.78, 5) is 12.2. The molecule has 1 heterocycles. The van der Waals surface area contributed by atoms with Gasteiger partial charge in [-0.05, 0) is 31.0 Å². The molecule has 0 bridgehead atoms. The van der Waals surface area contributed by atoms with Crippen LogP contribution in [-0.2, 0) is 7.05 Å². The van der Waals surface area contributed by atoms with Gasteiger partial charge in [-0.15, -0.1) is 0 Å². The molecule has 0 atom stereocenters. The molecule has 1 aromatic carbocycles. The summed E-state index contributed by atoms with van der Waals surface area (Å²) in [7, 11) is 1.70. The number of benzene rings is 1. The average molecular weight is 254 g/mol. The molecule has 2 aromatic rings. The summed E-state index contributed by atoms with van der Waals surface area (Å²) in [5, 5.41) is 15.7. The van der Waals surface area contributed by atoms with Crippen LogP contribution in [0.15, 0.2) is 24.4 Å². The number of carbonyl (C=O) groups is 1. The lowest BCUT2D eigenvalue weighted by Crippen LogP contribution is -2.15. The minimum atomic E-state index is -0.253. The Balaban J connectivity index is 2.31. The van der Waals surface area contributed by atoms with Gasteiger partial charge in [0, 0.05) is 18.8 Å². The molecule has 0 aliphatic rings. The van der Waals surface area contributed by atoms with Crippen LogP contribution >= 0.6 is 0 Å². The quantitative estimate of drug-likeness (QED) is 0.892. The van der Waals surface area contributed by atoms with E-state index in [0.29, 0.717) is 11.1 Å². The zero-order valence-corrected chi connectivity index (χ0v) is 11.1. The Morgan fingerprint density at radius 2 is 2.16 bits per heavy atom. The van der Waals surface area contributed by atoms with Crippen molar-refractivity contribution in [3.05, 3.63) is 46.6 Å². The molecule has 0 unspecified atom stereocenters. The molecule has 1 N–H and O–H groups in total. The molecule has 19 heavy (non-hydrogen) atoms. The maximum Gasteiger partial charge on any atom is 0.257 e. The lowest BCUT2D eigenvalue weighted by atomic mass is 10.0. The molecular formula is C14H14N4O. The fourth-order valence-corrected chi connectivity index (χ4v) is 1.83. The van der Waals surface area contributed by atoms with Crippen molar-refractivity contribution in [1.29, 1.82) is 5.26 Å². The van der Waals surface area contributed by atoms with E-state index in [0.717, 1.165) is 11.1 Å². The molecule has 0 aliphatic heterocycles. The fraction of sp³-hybridized carbons (Fsp3) is 0.214. The van der Waals surface area contributed by atoms with Gasteiger partial charge < -0.3 is 5.32 Å². The summed E-state index contributed by atoms with van der Waals surface area (Å²) in [5.74, 6) is 0.0345. The SMILES string of the molecule is Cc1cccc(C(=O)Nc2nn(C)cc2C#N)c1C. The van der Waals surface area contributed by atoms with Crippen molar-refractivity contribution >= 4 is 11.7 Å². The first-order valence-corrected chi connectivity index (χ1v) is 5.84. The topological polar surface area (TPSA) is 70.7 Å². The smallest absolute Gasteiger partial charge is 0.257 e. The predicted octanol–water partition coefficient (Wildman–Crippen LogP) is 2.16. The van der Waals surface area contributed by atoms with E-state index in [9.17, 15) is 4.79 Å². The maximum atomic E-state index is 12.2. The molecule has 1 aromatic heterocycles. The Morgan fingerprint density at radius 3 is 2.84 bits per heavy atom. The Bertz CT molecular complexity index is 679. The van der Waals surface area contributed by atoms with Crippen LogP contribution in [0.25, 0.3) is 0 Å². The van der Waals surface area contributed by atoms with Gasteiger partial charge in [0.25, 0.3) is 5.91 Å². The van der Waals surface area contributed by atoms with Crippen molar-refractivity contribution in [2.45, 2.75) is 13.8 Å². The second-order valence-corrected chi connectivity index (χ2v) is 4.38. The van der Waals surface area contributed by atoms with E-state index in [2.05, 4.69) is 10.4 Å². The standard InChI is InChI=1S/C14H14N4O/c1-9-5-4-6-12(10(9)2)14(19)16-13-11(7-15)8-18(3)17-13/h4-6,8H,1-3H3,(H,16,17,19). The molecule has 2 rings (SSSR count). The Kier molecular flexibility index (Phi) is 3.34. The molecule has 0 saturated carbocycles. The Hall–Kier alpha value is -2.61. The summed E-state index contributed by atoms with van der Waals surface area (Å²) in [5.41, 5.74) is 2.92. The van der Waals surface area contributed by atoms with Crippen molar-refractivity contribution in [2.75, 3.05) is 5.32 Å². The third-order valence-electron chi connectivity index (χ3n) is 3.03. The molecule has 1 amide bonds. The molecule has 0 radical (unpaired) electrons. The molecule has 0 aliphatic carbocycles. The number of anilines is 1. The van der Waals surface area contributed by atoms with Crippen LogP contribution in [0.2, 0.25) is 0 Å². The first kappa shape index (κ1) is 12.8. The number of carbonyl (C=O) groups excluding carboxylic acids is 1. The van der Waals surface area contributed by atoms with E-state index >= 15 is 0 Å². The second-order valence-electron chi connectivity index (χ2n) is 4.38. The summed E-state index contributed by atoms with van der Waals surface area (Å²) in [6.45, 7) is 3.85. The lowest BCUT2D eigenvalue weighted by molar-refractivity contribution is 0.102. The number of nitrogens with zero attached hydrogens (tertiary/aromatic N) is 3. The van der Waals surface area contributed by atoms with Crippen LogP contribution in [0.5, 0.6) is 0 Å². The highest BCUT2D eigenvalue weighted by molar-refractivity contribution is 6.05. The van der Waals surface area contributed by atoms with Gasteiger partial charge in [-0.1, -0.05) is 12.1 Å². The maximum absolute atomic E-state index is 12.2. The third-order valence-corrected chi connectivity index (χ3v) is 3.03. The van der Waals surface area contributed by atoms with Crippen molar-refractivity contribution in [3.8, 4) is 6.07 Å². The number of amides is 1. The minimum absolute atomic E-state index is 0.253. The van der Waals surface area contributed by atoms with E-state index in [-0.39, 0.29) is 11.7 Å². The van der Waals surface area contributed by atoms with Gasteiger partial charge in [0.05, 0.1) is 0 Å². The molecule has 96 valence electrons. The van der Waals surface area contributed by atoms with Crippen LogP contribution in [0.1, 0.15) is 27.0 Å². The molecule has 0 spiro atoms. The highest BCUT2D eigenvalue weighted by atomic mass is 16.1. The molecule has 0 saturated heterocycles. The second kappa shape index (κ2) is 4.94. The highest BCUT2D eigenvalue weighted by Crippen LogP contribution is 2.16. The van der Waals surface area contributed by atoms with Crippen molar-refractivity contribution in [2.24, 2.45) is 7.05 Å². The van der Waals surface area contributed by atoms with E-state index in [1.54, 1.807) is 19.3 Å². The van der Waals surface area contributed by atoms with E-state index < -0.39 is 0 Å². The molecule has 5 nitrogen and oxygen atoms in total. The number of hydrogen-bond acceptors (Lipinski definition) is 3. The van der Waals surface area contributed by atoms with Gasteiger partial charge in [0.2, 0.25) is 0 Å². The van der Waals surface area contributed by atoms with E-state index in [1.807, 2.05) is 32.0 Å². The number of nitriles is 1. The van der Waals surface area contributed by atoms with Gasteiger partial charge in [0.15, 0.2) is 5.82 Å². The van der Waals surface area contributed by atoms with Crippen LogP contribution in [-0.4, -0.2) is 15.7 Å². The van der Waals surface area contributed by atoms with Crippen LogP contribution in [0.4, 0.5) is 5.82 Å². The largest absolute Gasteiger partial charge is 0.304 e. The summed E-state index contributed by atoms with van der Waals surface area (Å²) < 4.78 is 1.50. The van der Waals surface area contributed by atoms with Crippen LogP contribution in [0, 0.1) is 25.2 Å². The van der Waals surface area contributed by atoms with Crippen molar-refractivity contribution < 1.29 is 4.79 Å². The van der Waals surface area contributed by atoms with Gasteiger partial charge in [-0.2, -0.15) is 10.4 Å². The van der Waals surface area contributed by atoms with E-state index in [1.165, 1.54) is 4.68 Å². The third kappa shape index (κ3) is 2.47. The monoisotopic (exact) mass is 254 g/mol. The Morgan fingerprint density at radius 1 is 1.42 bits per heavy atom. The van der Waals surface area contributed by atoms with Crippen LogP contribution < -0.4 is 5.32 Å². The lowest BCUT2D eigenvalue weighted by Gasteiger charge is -2.08. The summed E-state index contributed by atoms with van der Waals surface area (Å²) in [6, 6.07) is 7.54. The van der Waals surface area contributed by atoms with E-state index in [4.69, 9.17) is 5.26 Å². The zero-order chi connectivity index (χ0) is 14.0. The first-order chi connectivity index (χ1) is 9.02. The van der Waals surface area contributed by atoms with Gasteiger partial charge in [0.1, 0.15) is 11.6 Å². The van der Waals surface area contributed by atoms with Gasteiger partial charge in [-0.3, -0.25) is 9.48 Å². The van der Waals surface area contributed by atoms with Crippen molar-refractivity contribution in [3.63, 3.8) is 0 Å². The van der Waals surface area contributed by atoms with Gasteiger partial charge in [-0.25, -0.2) is 0 Å². The Labute approximate surface area is 111 Å². The highest BCUT2D eigenvalue weighted by Gasteiger charge is 2.14. The molecular weight excluding hydrogens is 240 g/mol. The number of aromatic nitrogens is 2. The summed E-state index contributed by atoms with van der Waals surface area (Å²) in [6.07, 6.45) is 1.57. The number of hydrogen-bond donors (Lipinski definition) is 1. The first-order valence-electron chi connectivity index (χ1n) is 5.84. The molecule has 5 heteroatoms. The predicted molar refractivity (Wildman–Crippen MR) is 71.8 cm³/mol. The summed E-state index contributed by atoms with van der Waals surface area (Å²) >= 11 is 0. The minimum Gasteiger partial charge on any atom is -0.304 e. The number of nitrogens with one attached hydrogen (secondary N) is 1. The normalized spacial score (nSPS) is 10.0. The fourth-order valence-electron chi connectivity index (χ4n) is 1.83. The zero-order valence-electron chi connectivity index (χ0n) is 11.1. The molecule has 0 fully saturated rings. The average Bonchev–Trinajstić information content (AvgIpc) is 2.72. The number of aryl methyl sites for hydroxylation is 2. The number of rotatable bonds is 2. The van der Waals surface area contributed by atoms with Crippen LogP contribution in [0.3, 0.4) is 0 Å². The van der Waals surface area contributed by atoms with Gasteiger partial charge >= 0.3 is 0 Å². The van der Waals surface area contributed by atoms with Crippen molar-refractivity contribution in [1.82, 2.24) is 9.78 Å².